The molecule has 1 rings (SSSR count). The fraction of sp³-hybridized carbons (Fsp3) is 0.364. The maximum Gasteiger partial charge on any atom is 0.209 e. The second-order valence-electron chi connectivity index (χ2n) is 3.91. The Hall–Kier alpha value is -2.47. The molecule has 0 spiro atoms. The first kappa shape index (κ1) is 15.6. The van der Waals surface area contributed by atoms with Gasteiger partial charge in [0.05, 0.1) is 5.69 Å². The van der Waals surface area contributed by atoms with Gasteiger partial charge in [-0.25, -0.2) is 4.98 Å². The van der Waals surface area contributed by atoms with Crippen LogP contribution in [0.5, 0.6) is 0 Å². The molecule has 0 saturated heterocycles. The minimum atomic E-state index is 0.152. The fourth-order valence-electron chi connectivity index (χ4n) is 1.37. The number of hydrogen-bond acceptors (Lipinski definition) is 7. The summed E-state index contributed by atoms with van der Waals surface area (Å²) in [7, 11) is 0. The first-order valence-corrected chi connectivity index (χ1v) is 6.88. The van der Waals surface area contributed by atoms with Crippen molar-refractivity contribution in [3.8, 4) is 6.19 Å². The van der Waals surface area contributed by atoms with E-state index in [0.717, 1.165) is 30.1 Å². The lowest BCUT2D eigenvalue weighted by molar-refractivity contribution is 0.701. The van der Waals surface area contributed by atoms with Crippen molar-refractivity contribution < 1.29 is 0 Å². The Morgan fingerprint density at radius 2 is 2.25 bits per heavy atom. The van der Waals surface area contributed by atoms with Gasteiger partial charge in [0.25, 0.3) is 0 Å². The van der Waals surface area contributed by atoms with E-state index in [1.807, 2.05) is 5.38 Å². The summed E-state index contributed by atoms with van der Waals surface area (Å²) in [6.45, 7) is 0.679. The van der Waals surface area contributed by atoms with Crippen LogP contribution in [-0.2, 0) is 6.42 Å². The van der Waals surface area contributed by atoms with Crippen LogP contribution >= 0.6 is 11.3 Å². The van der Waals surface area contributed by atoms with E-state index in [4.69, 9.17) is 22.5 Å². The lowest BCUT2D eigenvalue weighted by atomic mass is 10.2. The summed E-state index contributed by atoms with van der Waals surface area (Å²) in [4.78, 5) is 7.75. The van der Waals surface area contributed by atoms with Gasteiger partial charge in [-0.15, -0.1) is 16.3 Å². The lowest BCUT2D eigenvalue weighted by Crippen LogP contribution is -2.32. The van der Waals surface area contributed by atoms with E-state index in [2.05, 4.69) is 20.6 Å². The van der Waals surface area contributed by atoms with Gasteiger partial charge in [0.1, 0.15) is 5.82 Å². The van der Waals surface area contributed by atoms with Gasteiger partial charge in [-0.05, 0) is 19.3 Å². The highest BCUT2D eigenvalue weighted by Gasteiger charge is 2.01. The van der Waals surface area contributed by atoms with Gasteiger partial charge in [0.15, 0.2) is 5.13 Å². The van der Waals surface area contributed by atoms with Gasteiger partial charge in [-0.3, -0.25) is 0 Å². The summed E-state index contributed by atoms with van der Waals surface area (Å²) in [6, 6.07) is 0. The number of rotatable bonds is 7. The molecule has 0 radical (unpaired) electrons. The maximum absolute atomic E-state index is 8.28. The fourth-order valence-corrected chi connectivity index (χ4v) is 2.09. The summed E-state index contributed by atoms with van der Waals surface area (Å²) >= 11 is 1.50. The molecule has 9 heteroatoms. The predicted octanol–water partition coefficient (Wildman–Crippen LogP) is -0.0206. The Labute approximate surface area is 121 Å². The molecule has 1 heterocycles. The van der Waals surface area contributed by atoms with Gasteiger partial charge in [-0.2, -0.15) is 5.26 Å². The van der Waals surface area contributed by atoms with Crippen molar-refractivity contribution in [1.82, 2.24) is 10.3 Å². The molecular formula is C11H18N8S. The molecular weight excluding hydrogens is 276 g/mol. The molecule has 108 valence electrons. The van der Waals surface area contributed by atoms with Crippen molar-refractivity contribution in [2.45, 2.75) is 19.3 Å². The number of thiazole rings is 1. The normalized spacial score (nSPS) is 10.7. The molecule has 0 aromatic carbocycles. The molecule has 8 nitrogen and oxygen atoms in total. The van der Waals surface area contributed by atoms with E-state index < -0.39 is 0 Å². The number of nitrogens with two attached hydrogens (primary N) is 3. The molecule has 1 aromatic rings. The van der Waals surface area contributed by atoms with Crippen LogP contribution in [0.1, 0.15) is 18.5 Å². The third-order valence-electron chi connectivity index (χ3n) is 2.25. The first-order chi connectivity index (χ1) is 9.61. The van der Waals surface area contributed by atoms with Crippen LogP contribution in [0.4, 0.5) is 5.13 Å². The maximum atomic E-state index is 8.28. The summed E-state index contributed by atoms with van der Waals surface area (Å²) < 4.78 is 0. The Bertz CT molecular complexity index is 509. The smallest absolute Gasteiger partial charge is 0.209 e. The highest BCUT2D eigenvalue weighted by atomic mass is 32.1. The number of guanidine groups is 1. The monoisotopic (exact) mass is 294 g/mol. The average molecular weight is 294 g/mol. The zero-order valence-electron chi connectivity index (χ0n) is 11.0. The van der Waals surface area contributed by atoms with E-state index in [9.17, 15) is 0 Å². The predicted molar refractivity (Wildman–Crippen MR) is 80.4 cm³/mol. The zero-order chi connectivity index (χ0) is 14.8. The van der Waals surface area contributed by atoms with Crippen LogP contribution in [0.3, 0.4) is 0 Å². The number of aryl methyl sites for hydroxylation is 1. The summed E-state index contributed by atoms with van der Waals surface area (Å²) in [5.41, 5.74) is 17.0. The largest absolute Gasteiger partial charge is 0.384 e. The molecule has 0 amide bonds. The summed E-state index contributed by atoms with van der Waals surface area (Å²) in [6.07, 6.45) is 5.87. The topological polar surface area (TPSA) is 151 Å². The average Bonchev–Trinajstić information content (AvgIpc) is 2.84. The van der Waals surface area contributed by atoms with Gasteiger partial charge in [-0.1, -0.05) is 0 Å². The van der Waals surface area contributed by atoms with Crippen molar-refractivity contribution in [3.05, 3.63) is 23.1 Å². The molecule has 0 aliphatic heterocycles. The van der Waals surface area contributed by atoms with Crippen molar-refractivity contribution in [2.75, 3.05) is 11.9 Å². The van der Waals surface area contributed by atoms with Crippen molar-refractivity contribution in [3.63, 3.8) is 0 Å². The van der Waals surface area contributed by atoms with Crippen molar-refractivity contribution in [1.29, 1.82) is 5.26 Å². The second-order valence-corrected chi connectivity index (χ2v) is 4.77. The third-order valence-corrected chi connectivity index (χ3v) is 3.07. The zero-order valence-corrected chi connectivity index (χ0v) is 11.8. The number of unbranched alkanes of at least 4 members (excludes halogenated alkanes) is 1. The quantitative estimate of drug-likeness (QED) is 0.205. The molecule has 20 heavy (non-hydrogen) atoms. The molecule has 0 aliphatic carbocycles. The highest BCUT2D eigenvalue weighted by molar-refractivity contribution is 7.13. The van der Waals surface area contributed by atoms with E-state index in [0.29, 0.717) is 6.54 Å². The number of aromatic nitrogens is 1. The second kappa shape index (κ2) is 8.60. The molecule has 0 atom stereocenters. The van der Waals surface area contributed by atoms with Crippen LogP contribution in [0.2, 0.25) is 0 Å². The number of nitrogens with zero attached hydrogens (tertiary/aromatic N) is 3. The standard InChI is InChI=1S/C11H18N8S/c12-7-18-10(15)16-4-2-1-3-8-6-20-11(19-8)17-5-9(13)14/h5-6H,1-4,13-14H2,(H,17,19)(H3,15,16,18). The van der Waals surface area contributed by atoms with Crippen LogP contribution < -0.4 is 27.8 Å². The van der Waals surface area contributed by atoms with Gasteiger partial charge < -0.3 is 27.8 Å². The number of anilines is 1. The Morgan fingerprint density at radius 1 is 1.45 bits per heavy atom. The Kier molecular flexibility index (Phi) is 6.70. The van der Waals surface area contributed by atoms with Crippen molar-refractivity contribution >= 4 is 22.4 Å². The molecule has 0 bridgehead atoms. The Morgan fingerprint density at radius 3 is 2.95 bits per heavy atom. The van der Waals surface area contributed by atoms with Crippen LogP contribution in [0, 0.1) is 11.5 Å². The summed E-state index contributed by atoms with van der Waals surface area (Å²) in [5.74, 6) is 0.364. The van der Waals surface area contributed by atoms with Crippen LogP contribution in [0.15, 0.2) is 22.4 Å². The van der Waals surface area contributed by atoms with Gasteiger partial charge in [0.2, 0.25) is 12.2 Å². The highest BCUT2D eigenvalue weighted by Crippen LogP contribution is 2.16. The van der Waals surface area contributed by atoms with Crippen molar-refractivity contribution in [2.24, 2.45) is 22.2 Å². The number of nitrogens with one attached hydrogen (secondary N) is 2. The minimum Gasteiger partial charge on any atom is -0.384 e. The molecule has 0 aliphatic rings. The molecule has 0 saturated carbocycles. The number of hydrogen-bond donors (Lipinski definition) is 5. The van der Waals surface area contributed by atoms with E-state index in [1.54, 1.807) is 6.19 Å². The first-order valence-electron chi connectivity index (χ1n) is 6.00. The number of aliphatic imine (C=N–C) groups is 1. The lowest BCUT2D eigenvalue weighted by Gasteiger charge is -2.02. The van der Waals surface area contributed by atoms with Crippen LogP contribution in [0.25, 0.3) is 0 Å². The van der Waals surface area contributed by atoms with Gasteiger partial charge in [0, 0.05) is 18.1 Å². The molecule has 1 aromatic heterocycles. The molecule has 0 fully saturated rings. The van der Waals surface area contributed by atoms with E-state index in [1.165, 1.54) is 17.5 Å². The van der Waals surface area contributed by atoms with Crippen LogP contribution in [-0.4, -0.2) is 17.5 Å². The van der Waals surface area contributed by atoms with E-state index >= 15 is 0 Å². The Balaban J connectivity index is 2.21. The minimum absolute atomic E-state index is 0.152. The van der Waals surface area contributed by atoms with E-state index in [-0.39, 0.29) is 11.8 Å². The summed E-state index contributed by atoms with van der Waals surface area (Å²) in [5, 5.41) is 16.8. The third kappa shape index (κ3) is 6.46. The molecule has 0 unspecified atom stereocenters. The SMILES string of the molecule is N#C/N=C(\N)NCCCCc1csc(NC=C(N)N)n1. The number of nitriles is 1. The van der Waals surface area contributed by atoms with Gasteiger partial charge >= 0.3 is 0 Å². The molecule has 8 N–H and O–H groups in total.